The predicted octanol–water partition coefficient (Wildman–Crippen LogP) is 3.16. The van der Waals surface area contributed by atoms with E-state index in [2.05, 4.69) is 57.0 Å². The molecule has 0 fully saturated rings. The van der Waals surface area contributed by atoms with Crippen molar-refractivity contribution in [1.29, 1.82) is 0 Å². The Balaban J connectivity index is 2.61. The van der Waals surface area contributed by atoms with Gasteiger partial charge in [-0.1, -0.05) is 32.9 Å². The van der Waals surface area contributed by atoms with Gasteiger partial charge in [0.25, 0.3) is 0 Å². The average molecular weight is 234 g/mol. The molecule has 0 saturated carbocycles. The lowest BCUT2D eigenvalue weighted by atomic mass is 9.87. The molecule has 0 saturated heterocycles. The van der Waals surface area contributed by atoms with Gasteiger partial charge in [-0.15, -0.1) is 0 Å². The van der Waals surface area contributed by atoms with Gasteiger partial charge in [0.05, 0.1) is 0 Å². The lowest BCUT2D eigenvalue weighted by molar-refractivity contribution is 0.590. The smallest absolute Gasteiger partial charge is 0.0363 e. The van der Waals surface area contributed by atoms with Crippen molar-refractivity contribution in [3.8, 4) is 0 Å². The van der Waals surface area contributed by atoms with Crippen LogP contribution >= 0.6 is 0 Å². The van der Waals surface area contributed by atoms with Crippen LogP contribution in [-0.4, -0.2) is 20.1 Å². The molecule has 0 amide bonds. The topological polar surface area (TPSA) is 29.3 Å². The molecular weight excluding hydrogens is 208 g/mol. The van der Waals surface area contributed by atoms with Crippen LogP contribution in [0, 0.1) is 0 Å². The standard InChI is InChI=1S/C15H26N2/c1-15(2,3)13-7-9-14(10-8-13)17(4)12-6-5-11-16/h7-10H,5-6,11-12,16H2,1-4H3. The highest BCUT2D eigenvalue weighted by Crippen LogP contribution is 2.24. The first-order chi connectivity index (χ1) is 7.95. The maximum Gasteiger partial charge on any atom is 0.0363 e. The molecule has 0 spiro atoms. The summed E-state index contributed by atoms with van der Waals surface area (Å²) in [6.45, 7) is 8.59. The summed E-state index contributed by atoms with van der Waals surface area (Å²) >= 11 is 0. The van der Waals surface area contributed by atoms with Crippen LogP contribution in [0.3, 0.4) is 0 Å². The fourth-order valence-electron chi connectivity index (χ4n) is 1.84. The summed E-state index contributed by atoms with van der Waals surface area (Å²) in [6.07, 6.45) is 2.26. The summed E-state index contributed by atoms with van der Waals surface area (Å²) in [4.78, 5) is 2.29. The van der Waals surface area contributed by atoms with E-state index in [1.807, 2.05) is 0 Å². The molecule has 2 N–H and O–H groups in total. The summed E-state index contributed by atoms with van der Waals surface area (Å²) in [5.41, 5.74) is 8.41. The summed E-state index contributed by atoms with van der Waals surface area (Å²) in [7, 11) is 2.14. The molecule has 0 aliphatic heterocycles. The van der Waals surface area contributed by atoms with E-state index in [0.717, 1.165) is 25.9 Å². The zero-order chi connectivity index (χ0) is 12.9. The number of rotatable bonds is 5. The number of hydrogen-bond donors (Lipinski definition) is 1. The highest BCUT2D eigenvalue weighted by Gasteiger charge is 2.13. The Morgan fingerprint density at radius 2 is 1.65 bits per heavy atom. The molecule has 2 nitrogen and oxygen atoms in total. The summed E-state index contributed by atoms with van der Waals surface area (Å²) in [5.74, 6) is 0. The van der Waals surface area contributed by atoms with Gasteiger partial charge in [0.15, 0.2) is 0 Å². The van der Waals surface area contributed by atoms with Gasteiger partial charge in [-0.2, -0.15) is 0 Å². The van der Waals surface area contributed by atoms with Gasteiger partial charge >= 0.3 is 0 Å². The fraction of sp³-hybridized carbons (Fsp3) is 0.600. The molecular formula is C15H26N2. The fourth-order valence-corrected chi connectivity index (χ4v) is 1.84. The normalized spacial score (nSPS) is 11.6. The summed E-state index contributed by atoms with van der Waals surface area (Å²) in [6, 6.07) is 8.88. The van der Waals surface area contributed by atoms with Crippen molar-refractivity contribution in [2.45, 2.75) is 39.0 Å². The molecule has 0 aliphatic carbocycles. The van der Waals surface area contributed by atoms with Gasteiger partial charge < -0.3 is 10.6 Å². The van der Waals surface area contributed by atoms with Gasteiger partial charge in [0.1, 0.15) is 0 Å². The Hall–Kier alpha value is -1.02. The second-order valence-electron chi connectivity index (χ2n) is 5.71. The van der Waals surface area contributed by atoms with Crippen molar-refractivity contribution in [2.24, 2.45) is 5.73 Å². The molecule has 0 atom stereocenters. The van der Waals surface area contributed by atoms with Crippen LogP contribution in [0.1, 0.15) is 39.2 Å². The minimum Gasteiger partial charge on any atom is -0.375 e. The molecule has 0 heterocycles. The molecule has 17 heavy (non-hydrogen) atoms. The van der Waals surface area contributed by atoms with Gasteiger partial charge in [0.2, 0.25) is 0 Å². The highest BCUT2D eigenvalue weighted by molar-refractivity contribution is 5.47. The first kappa shape index (κ1) is 14.0. The maximum absolute atomic E-state index is 5.50. The third kappa shape index (κ3) is 4.39. The van der Waals surface area contributed by atoms with E-state index in [9.17, 15) is 0 Å². The molecule has 2 heteroatoms. The van der Waals surface area contributed by atoms with Crippen LogP contribution in [-0.2, 0) is 5.41 Å². The number of nitrogens with zero attached hydrogens (tertiary/aromatic N) is 1. The van der Waals surface area contributed by atoms with Crippen molar-refractivity contribution < 1.29 is 0 Å². The van der Waals surface area contributed by atoms with Crippen molar-refractivity contribution in [3.63, 3.8) is 0 Å². The van der Waals surface area contributed by atoms with Crippen LogP contribution in [0.5, 0.6) is 0 Å². The largest absolute Gasteiger partial charge is 0.375 e. The second kappa shape index (κ2) is 6.06. The molecule has 96 valence electrons. The van der Waals surface area contributed by atoms with Gasteiger partial charge in [0, 0.05) is 19.3 Å². The predicted molar refractivity (Wildman–Crippen MR) is 76.7 cm³/mol. The first-order valence-electron chi connectivity index (χ1n) is 6.47. The number of nitrogens with two attached hydrogens (primary N) is 1. The Labute approximate surface area is 106 Å². The van der Waals surface area contributed by atoms with E-state index in [0.29, 0.717) is 0 Å². The maximum atomic E-state index is 5.50. The van der Waals surface area contributed by atoms with E-state index in [1.54, 1.807) is 0 Å². The molecule has 0 unspecified atom stereocenters. The van der Waals surface area contributed by atoms with Crippen molar-refractivity contribution in [1.82, 2.24) is 0 Å². The van der Waals surface area contributed by atoms with Crippen LogP contribution in [0.2, 0.25) is 0 Å². The van der Waals surface area contributed by atoms with E-state index < -0.39 is 0 Å². The SMILES string of the molecule is CN(CCCCN)c1ccc(C(C)(C)C)cc1. The lowest BCUT2D eigenvalue weighted by Gasteiger charge is -2.22. The zero-order valence-electron chi connectivity index (χ0n) is 11.7. The summed E-state index contributed by atoms with van der Waals surface area (Å²) in [5, 5.41) is 0. The van der Waals surface area contributed by atoms with E-state index in [-0.39, 0.29) is 5.41 Å². The van der Waals surface area contributed by atoms with Crippen LogP contribution in [0.15, 0.2) is 24.3 Å². The Morgan fingerprint density at radius 1 is 1.06 bits per heavy atom. The molecule has 0 aromatic heterocycles. The molecule has 1 rings (SSSR count). The summed E-state index contributed by atoms with van der Waals surface area (Å²) < 4.78 is 0. The molecule has 0 bridgehead atoms. The minimum atomic E-state index is 0.233. The van der Waals surface area contributed by atoms with Gasteiger partial charge in [-0.3, -0.25) is 0 Å². The van der Waals surface area contributed by atoms with E-state index in [1.165, 1.54) is 11.3 Å². The Kier molecular flexibility index (Phi) is 5.01. The van der Waals surface area contributed by atoms with Crippen LogP contribution in [0.4, 0.5) is 5.69 Å². The highest BCUT2D eigenvalue weighted by atomic mass is 15.1. The van der Waals surface area contributed by atoms with Crippen molar-refractivity contribution >= 4 is 5.69 Å². The van der Waals surface area contributed by atoms with Crippen LogP contribution in [0.25, 0.3) is 0 Å². The zero-order valence-corrected chi connectivity index (χ0v) is 11.7. The number of anilines is 1. The van der Waals surface area contributed by atoms with Crippen LogP contribution < -0.4 is 10.6 Å². The van der Waals surface area contributed by atoms with Crippen molar-refractivity contribution in [2.75, 3.05) is 25.0 Å². The van der Waals surface area contributed by atoms with Gasteiger partial charge in [-0.05, 0) is 42.5 Å². The Morgan fingerprint density at radius 3 is 2.12 bits per heavy atom. The number of unbranched alkanes of at least 4 members (excludes halogenated alkanes) is 1. The number of benzene rings is 1. The van der Waals surface area contributed by atoms with E-state index >= 15 is 0 Å². The molecule has 1 aromatic carbocycles. The Bertz CT molecular complexity index is 322. The number of hydrogen-bond acceptors (Lipinski definition) is 2. The minimum absolute atomic E-state index is 0.233. The van der Waals surface area contributed by atoms with Crippen molar-refractivity contribution in [3.05, 3.63) is 29.8 Å². The van der Waals surface area contributed by atoms with Gasteiger partial charge in [-0.25, -0.2) is 0 Å². The third-order valence-corrected chi connectivity index (χ3v) is 3.12. The first-order valence-corrected chi connectivity index (χ1v) is 6.47. The second-order valence-corrected chi connectivity index (χ2v) is 5.71. The monoisotopic (exact) mass is 234 g/mol. The third-order valence-electron chi connectivity index (χ3n) is 3.12. The molecule has 0 aliphatic rings. The molecule has 0 radical (unpaired) electrons. The average Bonchev–Trinajstić information content (AvgIpc) is 2.28. The van der Waals surface area contributed by atoms with E-state index in [4.69, 9.17) is 5.73 Å². The quantitative estimate of drug-likeness (QED) is 0.793. The lowest BCUT2D eigenvalue weighted by Crippen LogP contribution is -2.19. The molecule has 1 aromatic rings.